The van der Waals surface area contributed by atoms with Crippen molar-refractivity contribution in [3.8, 4) is 0 Å². The van der Waals surface area contributed by atoms with E-state index in [0.717, 1.165) is 18.2 Å². The van der Waals surface area contributed by atoms with Gasteiger partial charge in [-0.25, -0.2) is 8.78 Å². The first kappa shape index (κ1) is 11.6. The highest BCUT2D eigenvalue weighted by atomic mass is 35.5. The molecule has 3 nitrogen and oxygen atoms in total. The Morgan fingerprint density at radius 2 is 1.62 bits per heavy atom. The zero-order chi connectivity index (χ0) is 11.7. The predicted octanol–water partition coefficient (Wildman–Crippen LogP) is 3.24. The van der Waals surface area contributed by atoms with Gasteiger partial charge in [-0.05, 0) is 35.3 Å². The van der Waals surface area contributed by atoms with Crippen LogP contribution >= 0.6 is 23.2 Å². The van der Waals surface area contributed by atoms with E-state index in [4.69, 9.17) is 23.2 Å². The normalized spacial score (nSPS) is 19.9. The summed E-state index contributed by atoms with van der Waals surface area (Å²) in [5, 5.41) is -0.180. The molecule has 0 aliphatic carbocycles. The molecule has 1 aliphatic heterocycles. The standard InChI is InChI=1S/C8H3Cl2F2N3S/c9-7-13-8(10)15-16(14-7)6-2-4(11)1-5(12)3-6/h1-3H. The summed E-state index contributed by atoms with van der Waals surface area (Å²) in [6.45, 7) is 0. The lowest BCUT2D eigenvalue weighted by Crippen LogP contribution is -2.01. The molecule has 0 spiro atoms. The maximum atomic E-state index is 13.0. The average Bonchev–Trinajstić information content (AvgIpc) is 2.14. The van der Waals surface area contributed by atoms with Gasteiger partial charge in [0.15, 0.2) is 0 Å². The fourth-order valence-corrected chi connectivity index (χ4v) is 2.67. The van der Waals surface area contributed by atoms with Crippen molar-refractivity contribution in [2.24, 2.45) is 13.8 Å². The van der Waals surface area contributed by atoms with Crippen LogP contribution in [0.15, 0.2) is 36.8 Å². The third kappa shape index (κ3) is 2.63. The summed E-state index contributed by atoms with van der Waals surface area (Å²) in [7, 11) is -1.15. The molecule has 0 radical (unpaired) electrons. The number of hydrogen-bond acceptors (Lipinski definition) is 3. The van der Waals surface area contributed by atoms with Gasteiger partial charge >= 0.3 is 0 Å². The van der Waals surface area contributed by atoms with E-state index in [1.54, 1.807) is 0 Å². The van der Waals surface area contributed by atoms with E-state index >= 15 is 0 Å². The maximum Gasteiger partial charge on any atom is 0.233 e. The second-order valence-electron chi connectivity index (χ2n) is 2.70. The zero-order valence-corrected chi connectivity index (χ0v) is 9.82. The lowest BCUT2D eigenvalue weighted by molar-refractivity contribution is 0.577. The lowest BCUT2D eigenvalue weighted by atomic mass is 10.3. The van der Waals surface area contributed by atoms with Gasteiger partial charge in [-0.15, -0.1) is 0 Å². The Morgan fingerprint density at radius 3 is 2.19 bits per heavy atom. The van der Waals surface area contributed by atoms with Crippen molar-refractivity contribution < 1.29 is 8.78 Å². The largest absolute Gasteiger partial charge is 0.233 e. The Balaban J connectivity index is 2.50. The predicted molar refractivity (Wildman–Crippen MR) is 61.0 cm³/mol. The van der Waals surface area contributed by atoms with E-state index < -0.39 is 22.5 Å². The summed E-state index contributed by atoms with van der Waals surface area (Å²) in [5.41, 5.74) is 0. The van der Waals surface area contributed by atoms with Gasteiger partial charge in [0.2, 0.25) is 10.6 Å². The van der Waals surface area contributed by atoms with Gasteiger partial charge in [0.25, 0.3) is 0 Å². The van der Waals surface area contributed by atoms with E-state index in [9.17, 15) is 8.78 Å². The first-order chi connectivity index (χ1) is 7.54. The number of amidine groups is 2. The van der Waals surface area contributed by atoms with Crippen LogP contribution in [0.25, 0.3) is 0 Å². The molecule has 1 atom stereocenters. The molecule has 0 saturated carbocycles. The van der Waals surface area contributed by atoms with Crippen LogP contribution in [0.5, 0.6) is 0 Å². The van der Waals surface area contributed by atoms with Gasteiger partial charge < -0.3 is 0 Å². The van der Waals surface area contributed by atoms with E-state index in [1.807, 2.05) is 0 Å². The molecule has 0 N–H and O–H groups in total. The first-order valence-corrected chi connectivity index (χ1v) is 5.85. The van der Waals surface area contributed by atoms with Crippen LogP contribution in [0.4, 0.5) is 8.78 Å². The number of halogens is 4. The number of nitrogens with zero attached hydrogens (tertiary/aromatic N) is 3. The van der Waals surface area contributed by atoms with Gasteiger partial charge in [-0.2, -0.15) is 13.8 Å². The number of aliphatic imine (C=N–C) groups is 1. The van der Waals surface area contributed by atoms with Gasteiger partial charge in [0, 0.05) is 11.0 Å². The number of rotatable bonds is 1. The minimum Gasteiger partial charge on any atom is -0.207 e. The molecule has 1 unspecified atom stereocenters. The van der Waals surface area contributed by atoms with Crippen molar-refractivity contribution in [2.75, 3.05) is 0 Å². The van der Waals surface area contributed by atoms with Gasteiger partial charge in [0.1, 0.15) is 11.6 Å². The molecule has 0 saturated heterocycles. The molecule has 0 fully saturated rings. The Bertz CT molecular complexity index is 519. The van der Waals surface area contributed by atoms with E-state index in [0.29, 0.717) is 0 Å². The SMILES string of the molecule is Fc1cc(F)cc(S2=NC(Cl)=NC(Cl)=N2)c1. The lowest BCUT2D eigenvalue weighted by Gasteiger charge is -2.06. The van der Waals surface area contributed by atoms with Gasteiger partial charge in [-0.3, -0.25) is 0 Å². The fourth-order valence-electron chi connectivity index (χ4n) is 1.02. The van der Waals surface area contributed by atoms with Gasteiger partial charge in [0.05, 0.1) is 10.9 Å². The zero-order valence-electron chi connectivity index (χ0n) is 7.49. The summed E-state index contributed by atoms with van der Waals surface area (Å²) >= 11 is 11.1. The highest BCUT2D eigenvalue weighted by molar-refractivity contribution is 7.86. The summed E-state index contributed by atoms with van der Waals surface area (Å²) in [6.07, 6.45) is 0. The highest BCUT2D eigenvalue weighted by Gasteiger charge is 2.11. The van der Waals surface area contributed by atoms with Crippen molar-refractivity contribution in [3.05, 3.63) is 29.8 Å². The molecular formula is C8H3Cl2F2N3S. The molecule has 0 amide bonds. The highest BCUT2D eigenvalue weighted by Crippen LogP contribution is 2.18. The number of hydrogen-bond donors (Lipinski definition) is 0. The minimum absolute atomic E-state index is 0.0898. The first-order valence-electron chi connectivity index (χ1n) is 3.95. The maximum absolute atomic E-state index is 13.0. The van der Waals surface area contributed by atoms with Crippen molar-refractivity contribution in [2.45, 2.75) is 4.90 Å². The van der Waals surface area contributed by atoms with Crippen molar-refractivity contribution in [1.29, 1.82) is 0 Å². The molecule has 1 aromatic rings. The van der Waals surface area contributed by atoms with Gasteiger partial charge in [-0.1, -0.05) is 0 Å². The summed E-state index contributed by atoms with van der Waals surface area (Å²) in [6, 6.07) is 3.01. The van der Waals surface area contributed by atoms with Crippen LogP contribution in [0.2, 0.25) is 0 Å². The monoisotopic (exact) mass is 281 g/mol. The molecule has 0 aromatic heterocycles. The topological polar surface area (TPSA) is 37.1 Å². The van der Waals surface area contributed by atoms with Crippen molar-refractivity contribution in [3.63, 3.8) is 0 Å². The van der Waals surface area contributed by atoms with Crippen molar-refractivity contribution >= 4 is 44.7 Å². The van der Waals surface area contributed by atoms with Crippen LogP contribution in [-0.4, -0.2) is 10.6 Å². The molecule has 0 bridgehead atoms. The third-order valence-corrected chi connectivity index (χ3v) is 3.44. The summed E-state index contributed by atoms with van der Waals surface area (Å²) < 4.78 is 33.6. The fraction of sp³-hybridized carbons (Fsp3) is 0. The van der Waals surface area contributed by atoms with Crippen LogP contribution in [0.1, 0.15) is 0 Å². The summed E-state index contributed by atoms with van der Waals surface area (Å²) in [4.78, 5) is 3.81. The third-order valence-electron chi connectivity index (χ3n) is 1.55. The molecule has 1 heterocycles. The molecule has 1 aromatic carbocycles. The molecular weight excluding hydrogens is 279 g/mol. The molecule has 2 rings (SSSR count). The Hall–Kier alpha value is -0.850. The summed E-state index contributed by atoms with van der Waals surface area (Å²) in [5.74, 6) is -1.41. The van der Waals surface area contributed by atoms with Crippen LogP contribution in [-0.2, 0) is 10.9 Å². The van der Waals surface area contributed by atoms with Crippen LogP contribution in [0, 0.1) is 11.6 Å². The second-order valence-corrected chi connectivity index (χ2v) is 4.74. The Kier molecular flexibility index (Phi) is 3.32. The Labute approximate surface area is 102 Å². The van der Waals surface area contributed by atoms with Crippen LogP contribution < -0.4 is 0 Å². The molecule has 84 valence electrons. The van der Waals surface area contributed by atoms with E-state index in [1.165, 1.54) is 0 Å². The molecule has 1 aliphatic rings. The van der Waals surface area contributed by atoms with E-state index in [-0.39, 0.29) is 15.5 Å². The number of benzene rings is 1. The second kappa shape index (κ2) is 4.57. The molecule has 8 heteroatoms. The smallest absolute Gasteiger partial charge is 0.207 e. The molecule has 16 heavy (non-hydrogen) atoms. The van der Waals surface area contributed by atoms with E-state index in [2.05, 4.69) is 13.8 Å². The van der Waals surface area contributed by atoms with Crippen molar-refractivity contribution in [1.82, 2.24) is 0 Å². The average molecular weight is 282 g/mol. The minimum atomic E-state index is -1.15. The van der Waals surface area contributed by atoms with Crippen LogP contribution in [0.3, 0.4) is 0 Å². The Morgan fingerprint density at radius 1 is 1.00 bits per heavy atom. The quantitative estimate of drug-likeness (QED) is 0.709.